The molecule has 2 aliphatic rings. The number of carboxylic acids is 1. The van der Waals surface area contributed by atoms with Gasteiger partial charge in [0.25, 0.3) is 0 Å². The number of hydrogen-bond donors (Lipinski definition) is 2. The van der Waals surface area contributed by atoms with Gasteiger partial charge in [-0.3, -0.25) is 4.79 Å². The predicted octanol–water partition coefficient (Wildman–Crippen LogP) is 4.56. The van der Waals surface area contributed by atoms with Crippen molar-refractivity contribution in [2.24, 2.45) is 5.41 Å². The van der Waals surface area contributed by atoms with Gasteiger partial charge in [0.15, 0.2) is 0 Å². The number of nitrogens with one attached hydrogen (secondary N) is 1. The highest BCUT2D eigenvalue weighted by molar-refractivity contribution is 5.79. The maximum Gasteiger partial charge on any atom is 0.407 e. The molecule has 2 aromatic carbocycles. The molecule has 0 heterocycles. The van der Waals surface area contributed by atoms with E-state index >= 15 is 0 Å². The number of carboxylic acid groups (broad SMARTS) is 1. The van der Waals surface area contributed by atoms with Gasteiger partial charge in [-0.05, 0) is 47.4 Å². The minimum absolute atomic E-state index is 0.0135. The molecule has 28 heavy (non-hydrogen) atoms. The standard InChI is InChI=1S/C23H25NO4/c1-22(11-12-22)23(2,13-20(25)26)24-21(27)28-14-19-17-9-5-3-7-15(17)16-8-4-6-10-18(16)19/h3-10,19H,11-14H2,1-2H3,(H,24,27)(H,25,26). The van der Waals surface area contributed by atoms with Crippen LogP contribution in [0.2, 0.25) is 0 Å². The monoisotopic (exact) mass is 379 g/mol. The molecule has 2 aliphatic carbocycles. The summed E-state index contributed by atoms with van der Waals surface area (Å²) in [4.78, 5) is 23.9. The zero-order valence-corrected chi connectivity index (χ0v) is 16.2. The van der Waals surface area contributed by atoms with Crippen molar-refractivity contribution in [3.8, 4) is 11.1 Å². The Kier molecular flexibility index (Phi) is 4.41. The van der Waals surface area contributed by atoms with Crippen molar-refractivity contribution in [1.29, 1.82) is 0 Å². The Bertz CT molecular complexity index is 888. The van der Waals surface area contributed by atoms with Gasteiger partial charge in [-0.15, -0.1) is 0 Å². The number of aliphatic carboxylic acids is 1. The fourth-order valence-corrected chi connectivity index (χ4v) is 4.31. The third-order valence-corrected chi connectivity index (χ3v) is 6.56. The van der Waals surface area contributed by atoms with Crippen LogP contribution in [0.25, 0.3) is 11.1 Å². The number of carbonyl (C=O) groups excluding carboxylic acids is 1. The lowest BCUT2D eigenvalue weighted by Crippen LogP contribution is -2.53. The van der Waals surface area contributed by atoms with E-state index in [1.54, 1.807) is 6.92 Å². The van der Waals surface area contributed by atoms with Gasteiger partial charge in [-0.25, -0.2) is 4.79 Å². The molecule has 0 saturated heterocycles. The van der Waals surface area contributed by atoms with Gasteiger partial charge in [0, 0.05) is 5.92 Å². The van der Waals surface area contributed by atoms with E-state index < -0.39 is 17.6 Å². The molecule has 2 aromatic rings. The molecule has 0 spiro atoms. The number of alkyl carbamates (subject to hydrolysis) is 1. The third kappa shape index (κ3) is 3.15. The summed E-state index contributed by atoms with van der Waals surface area (Å²) in [5.74, 6) is -0.935. The number of fused-ring (bicyclic) bond motifs is 3. The van der Waals surface area contributed by atoms with Crippen molar-refractivity contribution in [3.63, 3.8) is 0 Å². The number of hydrogen-bond acceptors (Lipinski definition) is 3. The van der Waals surface area contributed by atoms with Crippen molar-refractivity contribution >= 4 is 12.1 Å². The van der Waals surface area contributed by atoms with Crippen LogP contribution in [0.15, 0.2) is 48.5 Å². The second kappa shape index (κ2) is 6.66. The molecule has 0 aliphatic heterocycles. The minimum Gasteiger partial charge on any atom is -0.481 e. The maximum absolute atomic E-state index is 12.6. The molecular formula is C23H25NO4. The zero-order chi connectivity index (χ0) is 19.9. The van der Waals surface area contributed by atoms with Gasteiger partial charge in [-0.1, -0.05) is 55.5 Å². The smallest absolute Gasteiger partial charge is 0.407 e. The van der Waals surface area contributed by atoms with Crippen LogP contribution in [0.1, 0.15) is 50.2 Å². The molecule has 1 atom stereocenters. The van der Waals surface area contributed by atoms with Gasteiger partial charge in [-0.2, -0.15) is 0 Å². The van der Waals surface area contributed by atoms with Gasteiger partial charge in [0.1, 0.15) is 6.61 Å². The summed E-state index contributed by atoms with van der Waals surface area (Å²) in [7, 11) is 0. The number of ether oxygens (including phenoxy) is 1. The van der Waals surface area contributed by atoms with Crippen molar-refractivity contribution in [3.05, 3.63) is 59.7 Å². The topological polar surface area (TPSA) is 75.6 Å². The van der Waals surface area contributed by atoms with Crippen LogP contribution in [0.3, 0.4) is 0 Å². The summed E-state index contributed by atoms with van der Waals surface area (Å²) in [6.45, 7) is 4.04. The molecule has 0 aromatic heterocycles. The summed E-state index contributed by atoms with van der Waals surface area (Å²) in [6.07, 6.45) is 1.13. The van der Waals surface area contributed by atoms with Crippen molar-refractivity contribution in [1.82, 2.24) is 5.32 Å². The summed E-state index contributed by atoms with van der Waals surface area (Å²) < 4.78 is 5.60. The van der Waals surface area contributed by atoms with Crippen molar-refractivity contribution < 1.29 is 19.4 Å². The molecule has 4 rings (SSSR count). The van der Waals surface area contributed by atoms with E-state index in [0.717, 1.165) is 24.0 Å². The van der Waals surface area contributed by atoms with E-state index in [4.69, 9.17) is 4.74 Å². The Balaban J connectivity index is 1.49. The van der Waals surface area contributed by atoms with Crippen LogP contribution in [0.5, 0.6) is 0 Å². The lowest BCUT2D eigenvalue weighted by atomic mass is 9.81. The molecular weight excluding hydrogens is 354 g/mol. The van der Waals surface area contributed by atoms with Gasteiger partial charge >= 0.3 is 12.1 Å². The van der Waals surface area contributed by atoms with Crippen molar-refractivity contribution in [2.45, 2.75) is 44.6 Å². The summed E-state index contributed by atoms with van der Waals surface area (Å²) in [6, 6.07) is 16.3. The van der Waals surface area contributed by atoms with Crippen LogP contribution in [-0.2, 0) is 9.53 Å². The highest BCUT2D eigenvalue weighted by Gasteiger charge is 2.55. The second-order valence-electron chi connectivity index (χ2n) is 8.41. The Hall–Kier alpha value is -2.82. The van der Waals surface area contributed by atoms with Crippen LogP contribution < -0.4 is 5.32 Å². The Labute approximate surface area is 164 Å². The molecule has 2 N–H and O–H groups in total. The molecule has 0 radical (unpaired) electrons. The average molecular weight is 379 g/mol. The molecule has 0 bridgehead atoms. The number of amides is 1. The molecule has 1 fully saturated rings. The largest absolute Gasteiger partial charge is 0.481 e. The number of benzene rings is 2. The van der Waals surface area contributed by atoms with Gasteiger partial charge in [0.05, 0.1) is 12.0 Å². The molecule has 5 nitrogen and oxygen atoms in total. The maximum atomic E-state index is 12.6. The average Bonchev–Trinajstić information content (AvgIpc) is 3.33. The van der Waals surface area contributed by atoms with E-state index in [1.807, 2.05) is 31.2 Å². The van der Waals surface area contributed by atoms with E-state index in [2.05, 4.69) is 29.6 Å². The van der Waals surface area contributed by atoms with Crippen LogP contribution in [0, 0.1) is 5.41 Å². The predicted molar refractivity (Wildman–Crippen MR) is 106 cm³/mol. The quantitative estimate of drug-likeness (QED) is 0.771. The summed E-state index contributed by atoms with van der Waals surface area (Å²) in [5, 5.41) is 12.1. The zero-order valence-electron chi connectivity index (χ0n) is 16.2. The van der Waals surface area contributed by atoms with E-state index in [-0.39, 0.29) is 24.4 Å². The highest BCUT2D eigenvalue weighted by atomic mass is 16.5. The second-order valence-corrected chi connectivity index (χ2v) is 8.41. The minimum atomic E-state index is -0.922. The fourth-order valence-electron chi connectivity index (χ4n) is 4.31. The summed E-state index contributed by atoms with van der Waals surface area (Å²) in [5.41, 5.74) is 3.64. The third-order valence-electron chi connectivity index (χ3n) is 6.56. The Morgan fingerprint density at radius 1 is 1.11 bits per heavy atom. The first-order valence-electron chi connectivity index (χ1n) is 9.68. The highest BCUT2D eigenvalue weighted by Crippen LogP contribution is 2.55. The Morgan fingerprint density at radius 2 is 1.64 bits per heavy atom. The molecule has 1 saturated carbocycles. The Morgan fingerprint density at radius 3 is 2.14 bits per heavy atom. The molecule has 146 valence electrons. The SMILES string of the molecule is CC1(C(C)(CC(=O)O)NC(=O)OCC2c3ccccc3-c3ccccc32)CC1. The van der Waals surface area contributed by atoms with Gasteiger partial charge < -0.3 is 15.2 Å². The van der Waals surface area contributed by atoms with E-state index in [0.29, 0.717) is 0 Å². The van der Waals surface area contributed by atoms with Crippen LogP contribution in [0.4, 0.5) is 4.79 Å². The van der Waals surface area contributed by atoms with Crippen LogP contribution in [-0.4, -0.2) is 29.3 Å². The van der Waals surface area contributed by atoms with Crippen molar-refractivity contribution in [2.75, 3.05) is 6.61 Å². The van der Waals surface area contributed by atoms with Gasteiger partial charge in [0.2, 0.25) is 0 Å². The molecule has 1 amide bonds. The fraction of sp³-hybridized carbons (Fsp3) is 0.391. The first-order chi connectivity index (χ1) is 13.3. The molecule has 1 unspecified atom stereocenters. The normalized spacial score (nSPS) is 18.5. The first-order valence-corrected chi connectivity index (χ1v) is 9.68. The number of carbonyl (C=O) groups is 2. The number of rotatable bonds is 6. The molecule has 5 heteroatoms. The van der Waals surface area contributed by atoms with E-state index in [1.165, 1.54) is 11.1 Å². The van der Waals surface area contributed by atoms with E-state index in [9.17, 15) is 14.7 Å². The summed E-state index contributed by atoms with van der Waals surface area (Å²) >= 11 is 0. The lowest BCUT2D eigenvalue weighted by molar-refractivity contribution is -0.139. The van der Waals surface area contributed by atoms with Crippen LogP contribution >= 0.6 is 0 Å². The first kappa shape index (κ1) is 18.5. The lowest BCUT2D eigenvalue weighted by Gasteiger charge is -2.35.